The van der Waals surface area contributed by atoms with Crippen LogP contribution < -0.4 is 4.72 Å². The maximum absolute atomic E-state index is 11.7. The van der Waals surface area contributed by atoms with Crippen LogP contribution in [0.3, 0.4) is 0 Å². The summed E-state index contributed by atoms with van der Waals surface area (Å²) < 4.78 is 25.5. The van der Waals surface area contributed by atoms with Crippen molar-refractivity contribution in [3.05, 3.63) is 29.8 Å². The van der Waals surface area contributed by atoms with Gasteiger partial charge in [-0.2, -0.15) is 5.26 Å². The number of sulfonamides is 1. The summed E-state index contributed by atoms with van der Waals surface area (Å²) in [6.07, 6.45) is 0.237. The summed E-state index contributed by atoms with van der Waals surface area (Å²) in [5.74, 6) is -0.255. The topological polar surface area (TPSA) is 87.0 Å². The molecule has 1 N–H and O–H groups in total. The standard InChI is InChI=1S/C11H12N2O3S/c1-9(14)8-13-17(15,16)11-4-2-10(3-5-11)6-7-12/h2-5,13H,6,8H2,1H3. The molecular weight excluding hydrogens is 240 g/mol. The van der Waals surface area contributed by atoms with E-state index < -0.39 is 10.0 Å². The molecule has 0 saturated carbocycles. The highest BCUT2D eigenvalue weighted by Gasteiger charge is 2.13. The smallest absolute Gasteiger partial charge is 0.240 e. The molecule has 1 rings (SSSR count). The number of hydrogen-bond acceptors (Lipinski definition) is 4. The number of nitriles is 1. The number of benzene rings is 1. The normalized spacial score (nSPS) is 10.8. The lowest BCUT2D eigenvalue weighted by Gasteiger charge is -2.05. The van der Waals surface area contributed by atoms with Crippen LogP contribution in [0.2, 0.25) is 0 Å². The molecule has 1 aromatic carbocycles. The molecule has 0 aliphatic heterocycles. The molecule has 90 valence electrons. The van der Waals surface area contributed by atoms with E-state index >= 15 is 0 Å². The third-order valence-electron chi connectivity index (χ3n) is 2.03. The molecule has 0 heterocycles. The van der Waals surface area contributed by atoms with E-state index in [1.165, 1.54) is 19.1 Å². The molecule has 0 bridgehead atoms. The van der Waals surface area contributed by atoms with Gasteiger partial charge in [0, 0.05) is 0 Å². The van der Waals surface area contributed by atoms with Gasteiger partial charge in [-0.3, -0.25) is 4.79 Å². The Balaban J connectivity index is 2.85. The van der Waals surface area contributed by atoms with E-state index in [-0.39, 0.29) is 23.6 Å². The molecule has 0 aliphatic rings. The van der Waals surface area contributed by atoms with Crippen LogP contribution in [0.15, 0.2) is 29.2 Å². The van der Waals surface area contributed by atoms with Crippen LogP contribution in [0.1, 0.15) is 12.5 Å². The first-order valence-electron chi connectivity index (χ1n) is 4.90. The molecule has 0 radical (unpaired) electrons. The number of ketones is 1. The monoisotopic (exact) mass is 252 g/mol. The molecular formula is C11H12N2O3S. The first kappa shape index (κ1) is 13.4. The fraction of sp³-hybridized carbons (Fsp3) is 0.273. The SMILES string of the molecule is CC(=O)CNS(=O)(=O)c1ccc(CC#N)cc1. The molecule has 0 aromatic heterocycles. The summed E-state index contributed by atoms with van der Waals surface area (Å²) in [5, 5.41) is 8.48. The highest BCUT2D eigenvalue weighted by molar-refractivity contribution is 7.89. The van der Waals surface area contributed by atoms with Crippen LogP contribution in [-0.2, 0) is 21.2 Å². The number of nitrogens with zero attached hydrogens (tertiary/aromatic N) is 1. The Morgan fingerprint density at radius 3 is 2.41 bits per heavy atom. The second-order valence-electron chi connectivity index (χ2n) is 3.51. The zero-order valence-electron chi connectivity index (χ0n) is 9.30. The Labute approximate surface area is 100 Å². The summed E-state index contributed by atoms with van der Waals surface area (Å²) in [4.78, 5) is 10.8. The van der Waals surface area contributed by atoms with Crippen molar-refractivity contribution < 1.29 is 13.2 Å². The van der Waals surface area contributed by atoms with E-state index in [2.05, 4.69) is 4.72 Å². The molecule has 0 amide bonds. The Kier molecular flexibility index (Phi) is 4.37. The minimum atomic E-state index is -3.64. The van der Waals surface area contributed by atoms with Crippen molar-refractivity contribution in [2.45, 2.75) is 18.2 Å². The van der Waals surface area contributed by atoms with Gasteiger partial charge in [-0.05, 0) is 24.6 Å². The summed E-state index contributed by atoms with van der Waals surface area (Å²) in [5.41, 5.74) is 0.748. The molecule has 0 saturated heterocycles. The molecule has 5 nitrogen and oxygen atoms in total. The average Bonchev–Trinajstić information content (AvgIpc) is 2.28. The first-order chi connectivity index (χ1) is 7.95. The van der Waals surface area contributed by atoms with Crippen molar-refractivity contribution in [3.8, 4) is 6.07 Å². The van der Waals surface area contributed by atoms with Crippen molar-refractivity contribution in [1.29, 1.82) is 5.26 Å². The lowest BCUT2D eigenvalue weighted by atomic mass is 10.2. The van der Waals surface area contributed by atoms with Crippen LogP contribution >= 0.6 is 0 Å². The van der Waals surface area contributed by atoms with E-state index in [9.17, 15) is 13.2 Å². The molecule has 0 atom stereocenters. The summed E-state index contributed by atoms with van der Waals surface area (Å²) >= 11 is 0. The van der Waals surface area contributed by atoms with Crippen molar-refractivity contribution in [3.63, 3.8) is 0 Å². The van der Waals surface area contributed by atoms with Crippen molar-refractivity contribution in [2.24, 2.45) is 0 Å². The minimum absolute atomic E-state index is 0.0837. The molecule has 0 unspecified atom stereocenters. The zero-order valence-corrected chi connectivity index (χ0v) is 10.1. The number of carbonyl (C=O) groups excluding carboxylic acids is 1. The highest BCUT2D eigenvalue weighted by atomic mass is 32.2. The van der Waals surface area contributed by atoms with Gasteiger partial charge in [0.1, 0.15) is 5.78 Å². The van der Waals surface area contributed by atoms with E-state index in [1.54, 1.807) is 12.1 Å². The Hall–Kier alpha value is -1.71. The van der Waals surface area contributed by atoms with Crippen LogP contribution in [-0.4, -0.2) is 20.7 Å². The average molecular weight is 252 g/mol. The van der Waals surface area contributed by atoms with E-state index in [4.69, 9.17) is 5.26 Å². The van der Waals surface area contributed by atoms with Gasteiger partial charge in [0.05, 0.1) is 23.9 Å². The predicted octanol–water partition coefficient (Wildman–Crippen LogP) is 0.620. The maximum atomic E-state index is 11.7. The number of hydrogen-bond donors (Lipinski definition) is 1. The summed E-state index contributed by atoms with van der Waals surface area (Å²) in [7, 11) is -3.64. The largest absolute Gasteiger partial charge is 0.299 e. The van der Waals surface area contributed by atoms with E-state index in [1.807, 2.05) is 6.07 Å². The molecule has 17 heavy (non-hydrogen) atoms. The Bertz CT molecular complexity index is 541. The number of carbonyl (C=O) groups is 1. The third kappa shape index (κ3) is 3.98. The molecule has 6 heteroatoms. The highest BCUT2D eigenvalue weighted by Crippen LogP contribution is 2.10. The second-order valence-corrected chi connectivity index (χ2v) is 5.27. The molecule has 0 fully saturated rings. The van der Waals surface area contributed by atoms with Crippen LogP contribution in [0, 0.1) is 11.3 Å². The summed E-state index contributed by atoms with van der Waals surface area (Å²) in [6, 6.07) is 7.95. The number of nitrogens with one attached hydrogen (secondary N) is 1. The van der Waals surface area contributed by atoms with Crippen molar-refractivity contribution >= 4 is 15.8 Å². The quantitative estimate of drug-likeness (QED) is 0.832. The van der Waals surface area contributed by atoms with Crippen LogP contribution in [0.25, 0.3) is 0 Å². The van der Waals surface area contributed by atoms with Gasteiger partial charge in [-0.15, -0.1) is 0 Å². The van der Waals surface area contributed by atoms with Crippen molar-refractivity contribution in [1.82, 2.24) is 4.72 Å². The lowest BCUT2D eigenvalue weighted by molar-refractivity contribution is -0.115. The van der Waals surface area contributed by atoms with Gasteiger partial charge in [0.2, 0.25) is 10.0 Å². The van der Waals surface area contributed by atoms with Gasteiger partial charge < -0.3 is 0 Å². The molecule has 0 spiro atoms. The fourth-order valence-corrected chi connectivity index (χ4v) is 2.21. The van der Waals surface area contributed by atoms with Gasteiger partial charge >= 0.3 is 0 Å². The van der Waals surface area contributed by atoms with E-state index in [0.29, 0.717) is 0 Å². The minimum Gasteiger partial charge on any atom is -0.299 e. The van der Waals surface area contributed by atoms with Gasteiger partial charge in [-0.1, -0.05) is 12.1 Å². The third-order valence-corrected chi connectivity index (χ3v) is 3.45. The van der Waals surface area contributed by atoms with Gasteiger partial charge in [0.25, 0.3) is 0 Å². The predicted molar refractivity (Wildman–Crippen MR) is 61.6 cm³/mol. The number of Topliss-reactive ketones (excluding diaryl/α,β-unsaturated/α-hetero) is 1. The fourth-order valence-electron chi connectivity index (χ4n) is 1.16. The van der Waals surface area contributed by atoms with Gasteiger partial charge in [0.15, 0.2) is 0 Å². The first-order valence-corrected chi connectivity index (χ1v) is 6.39. The summed E-state index contributed by atoms with van der Waals surface area (Å²) in [6.45, 7) is 1.08. The van der Waals surface area contributed by atoms with Crippen molar-refractivity contribution in [2.75, 3.05) is 6.54 Å². The second kappa shape index (κ2) is 5.57. The van der Waals surface area contributed by atoms with E-state index in [0.717, 1.165) is 5.56 Å². The zero-order chi connectivity index (χ0) is 12.9. The number of rotatable bonds is 5. The van der Waals surface area contributed by atoms with Gasteiger partial charge in [-0.25, -0.2) is 13.1 Å². The maximum Gasteiger partial charge on any atom is 0.240 e. The van der Waals surface area contributed by atoms with Crippen LogP contribution in [0.4, 0.5) is 0 Å². The van der Waals surface area contributed by atoms with Crippen LogP contribution in [0.5, 0.6) is 0 Å². The lowest BCUT2D eigenvalue weighted by Crippen LogP contribution is -2.28. The Morgan fingerprint density at radius 2 is 1.94 bits per heavy atom. The Morgan fingerprint density at radius 1 is 1.35 bits per heavy atom. The molecule has 1 aromatic rings. The molecule has 0 aliphatic carbocycles.